The van der Waals surface area contributed by atoms with Gasteiger partial charge in [-0.2, -0.15) is 0 Å². The summed E-state index contributed by atoms with van der Waals surface area (Å²) in [5.74, 6) is -2.04. The predicted molar refractivity (Wildman–Crippen MR) is 79.1 cm³/mol. The van der Waals surface area contributed by atoms with Crippen molar-refractivity contribution in [1.29, 1.82) is 0 Å². The van der Waals surface area contributed by atoms with E-state index in [0.717, 1.165) is 0 Å². The van der Waals surface area contributed by atoms with E-state index in [9.17, 15) is 19.2 Å². The lowest BCUT2D eigenvalue weighted by atomic mass is 10.1. The Morgan fingerprint density at radius 1 is 0.955 bits per heavy atom. The monoisotopic (exact) mass is 346 g/mol. The van der Waals surface area contributed by atoms with Crippen LogP contribution in [-0.2, 0) is 9.59 Å². The Balaban J connectivity index is 2.64. The first-order valence-electron chi connectivity index (χ1n) is 5.90. The number of amides is 3. The van der Waals surface area contributed by atoms with Crippen LogP contribution in [0, 0.1) is 0 Å². The maximum absolute atomic E-state index is 11.8. The molecule has 0 aliphatic rings. The highest BCUT2D eigenvalue weighted by molar-refractivity contribution is 6.64. The maximum Gasteiger partial charge on any atom is 0.269 e. The molecule has 22 heavy (non-hydrogen) atoms. The number of alkyl halides is 1. The topological polar surface area (TPSA) is 116 Å². The van der Waals surface area contributed by atoms with Gasteiger partial charge in [-0.15, -0.1) is 11.6 Å². The van der Waals surface area contributed by atoms with Crippen LogP contribution in [0.4, 0.5) is 0 Å². The molecule has 0 saturated carbocycles. The van der Waals surface area contributed by atoms with Crippen molar-refractivity contribution in [2.75, 3.05) is 12.4 Å². The lowest BCUT2D eigenvalue weighted by Gasteiger charge is -2.08. The van der Waals surface area contributed by atoms with Crippen LogP contribution in [0.2, 0.25) is 0 Å². The van der Waals surface area contributed by atoms with Gasteiger partial charge in [-0.1, -0.05) is 6.07 Å². The van der Waals surface area contributed by atoms with Crippen LogP contribution in [0.1, 0.15) is 20.7 Å². The average Bonchev–Trinajstić information content (AvgIpc) is 2.51. The summed E-state index contributed by atoms with van der Waals surface area (Å²) in [6.07, 6.45) is 0. The Hall–Kier alpha value is -2.16. The fourth-order valence-electron chi connectivity index (χ4n) is 1.30. The van der Waals surface area contributed by atoms with Crippen molar-refractivity contribution >= 4 is 46.2 Å². The third-order valence-corrected chi connectivity index (χ3v) is 2.63. The molecule has 0 unspecified atom stereocenters. The molecule has 0 aliphatic heterocycles. The molecule has 0 spiro atoms. The molecule has 0 radical (unpaired) electrons. The number of carbonyl (C=O) groups is 4. The van der Waals surface area contributed by atoms with E-state index in [0.29, 0.717) is 0 Å². The van der Waals surface area contributed by atoms with Gasteiger partial charge in [-0.3, -0.25) is 35.5 Å². The summed E-state index contributed by atoms with van der Waals surface area (Å²) < 4.78 is 0. The first kappa shape index (κ1) is 17.9. The molecule has 118 valence electrons. The molecule has 1 rings (SSSR count). The Bertz CT molecular complexity index is 594. The Labute approximate surface area is 135 Å². The first-order valence-corrected chi connectivity index (χ1v) is 6.82. The third kappa shape index (κ3) is 6.08. The number of halogens is 2. The summed E-state index contributed by atoms with van der Waals surface area (Å²) in [5, 5.41) is -0.663. The van der Waals surface area contributed by atoms with Gasteiger partial charge < -0.3 is 0 Å². The predicted octanol–water partition coefficient (Wildman–Crippen LogP) is -0.314. The van der Waals surface area contributed by atoms with Crippen LogP contribution in [0.15, 0.2) is 24.3 Å². The van der Waals surface area contributed by atoms with Gasteiger partial charge in [0.25, 0.3) is 17.7 Å². The van der Waals surface area contributed by atoms with Crippen molar-refractivity contribution < 1.29 is 19.2 Å². The standard InChI is InChI=1S/C12H12Cl2N4O4/c13-5-10(20)16-18-12(22)8-3-1-2-7(4-8)11(21)17-15-6-9(14)19/h1-4,15H,5-6H2,(H,16,20)(H,17,21)(H,18,22). The molecule has 4 N–H and O–H groups in total. The molecule has 0 heterocycles. The van der Waals surface area contributed by atoms with Crippen LogP contribution < -0.4 is 21.7 Å². The zero-order valence-corrected chi connectivity index (χ0v) is 12.6. The zero-order chi connectivity index (χ0) is 16.5. The lowest BCUT2D eigenvalue weighted by molar-refractivity contribution is -0.119. The number of nitrogens with one attached hydrogen (secondary N) is 4. The molecule has 3 amide bonds. The fraction of sp³-hybridized carbons (Fsp3) is 0.167. The highest BCUT2D eigenvalue weighted by Gasteiger charge is 2.11. The molecule has 0 aromatic heterocycles. The summed E-state index contributed by atoms with van der Waals surface area (Å²) in [6.45, 7) is -0.238. The van der Waals surface area contributed by atoms with Crippen LogP contribution in [-0.4, -0.2) is 35.4 Å². The third-order valence-electron chi connectivity index (χ3n) is 2.25. The molecule has 0 atom stereocenters. The van der Waals surface area contributed by atoms with Crippen molar-refractivity contribution in [3.8, 4) is 0 Å². The highest BCUT2D eigenvalue weighted by atomic mass is 35.5. The van der Waals surface area contributed by atoms with E-state index in [-0.39, 0.29) is 23.6 Å². The van der Waals surface area contributed by atoms with Crippen molar-refractivity contribution in [2.24, 2.45) is 0 Å². The number of benzene rings is 1. The summed E-state index contributed by atoms with van der Waals surface area (Å²) in [5.41, 5.74) is 9.12. The quantitative estimate of drug-likeness (QED) is 0.320. The average molecular weight is 347 g/mol. The van der Waals surface area contributed by atoms with Crippen molar-refractivity contribution in [3.63, 3.8) is 0 Å². The Morgan fingerprint density at radius 3 is 2.09 bits per heavy atom. The second-order valence-electron chi connectivity index (χ2n) is 3.88. The van der Waals surface area contributed by atoms with Crippen LogP contribution in [0.5, 0.6) is 0 Å². The van der Waals surface area contributed by atoms with Crippen molar-refractivity contribution in [1.82, 2.24) is 21.7 Å². The number of rotatable bonds is 6. The highest BCUT2D eigenvalue weighted by Crippen LogP contribution is 2.05. The number of hydrogen-bond donors (Lipinski definition) is 4. The Kier molecular flexibility index (Phi) is 7.30. The van der Waals surface area contributed by atoms with E-state index < -0.39 is 23.0 Å². The van der Waals surface area contributed by atoms with Gasteiger partial charge >= 0.3 is 0 Å². The molecule has 10 heteroatoms. The van der Waals surface area contributed by atoms with E-state index in [1.165, 1.54) is 24.3 Å². The van der Waals surface area contributed by atoms with Crippen LogP contribution >= 0.6 is 23.2 Å². The smallest absolute Gasteiger partial charge is 0.269 e. The number of hydrogen-bond acceptors (Lipinski definition) is 5. The zero-order valence-electron chi connectivity index (χ0n) is 11.1. The minimum absolute atomic E-state index is 0.149. The lowest BCUT2D eigenvalue weighted by Crippen LogP contribution is -2.42. The number of hydrazine groups is 2. The SMILES string of the molecule is O=C(Cl)CNNC(=O)c1cccc(C(=O)NNC(=O)CCl)c1. The molecule has 0 saturated heterocycles. The number of carbonyl (C=O) groups excluding carboxylic acids is 4. The second kappa shape index (κ2) is 8.98. The van der Waals surface area contributed by atoms with E-state index in [1.807, 2.05) is 0 Å². The van der Waals surface area contributed by atoms with Gasteiger partial charge in [-0.05, 0) is 29.8 Å². The van der Waals surface area contributed by atoms with Crippen LogP contribution in [0.3, 0.4) is 0 Å². The minimum Gasteiger partial charge on any atom is -0.287 e. The summed E-state index contributed by atoms with van der Waals surface area (Å²) in [6, 6.07) is 5.71. The molecule has 1 aromatic carbocycles. The summed E-state index contributed by atoms with van der Waals surface area (Å²) in [4.78, 5) is 45.0. The van der Waals surface area contributed by atoms with Gasteiger partial charge in [0.2, 0.25) is 5.24 Å². The minimum atomic E-state index is -0.663. The largest absolute Gasteiger partial charge is 0.287 e. The van der Waals surface area contributed by atoms with Crippen molar-refractivity contribution in [2.45, 2.75) is 0 Å². The van der Waals surface area contributed by atoms with E-state index in [2.05, 4.69) is 21.7 Å². The van der Waals surface area contributed by atoms with Gasteiger partial charge in [-0.25, -0.2) is 5.43 Å². The van der Waals surface area contributed by atoms with E-state index >= 15 is 0 Å². The van der Waals surface area contributed by atoms with Gasteiger partial charge in [0, 0.05) is 11.1 Å². The molecular weight excluding hydrogens is 335 g/mol. The molecule has 0 bridgehead atoms. The normalized spacial score (nSPS) is 9.73. The Morgan fingerprint density at radius 2 is 1.55 bits per heavy atom. The molecule has 0 fully saturated rings. The van der Waals surface area contributed by atoms with Gasteiger partial charge in [0.15, 0.2) is 0 Å². The summed E-state index contributed by atoms with van der Waals surface area (Å²) in [7, 11) is 0. The fourth-order valence-corrected chi connectivity index (χ4v) is 1.43. The van der Waals surface area contributed by atoms with E-state index in [4.69, 9.17) is 23.2 Å². The molecule has 8 nitrogen and oxygen atoms in total. The van der Waals surface area contributed by atoms with Gasteiger partial charge in [0.05, 0.1) is 6.54 Å². The molecule has 1 aromatic rings. The molecule has 0 aliphatic carbocycles. The van der Waals surface area contributed by atoms with Crippen LogP contribution in [0.25, 0.3) is 0 Å². The molecular formula is C12H12Cl2N4O4. The maximum atomic E-state index is 11.8. The summed E-state index contributed by atoms with van der Waals surface area (Å²) >= 11 is 10.4. The van der Waals surface area contributed by atoms with Crippen molar-refractivity contribution in [3.05, 3.63) is 35.4 Å². The first-order chi connectivity index (χ1) is 10.4. The van der Waals surface area contributed by atoms with E-state index in [1.54, 1.807) is 0 Å². The second-order valence-corrected chi connectivity index (χ2v) is 4.57. The van der Waals surface area contributed by atoms with Gasteiger partial charge in [0.1, 0.15) is 5.88 Å².